The van der Waals surface area contributed by atoms with Gasteiger partial charge in [-0.3, -0.25) is 13.9 Å². The highest BCUT2D eigenvalue weighted by molar-refractivity contribution is 6.42. The van der Waals surface area contributed by atoms with E-state index in [0.29, 0.717) is 45.9 Å². The summed E-state index contributed by atoms with van der Waals surface area (Å²) in [6, 6.07) is 5.17. The fourth-order valence-electron chi connectivity index (χ4n) is 3.03. The van der Waals surface area contributed by atoms with Gasteiger partial charge in [-0.15, -0.1) is 0 Å². The first-order chi connectivity index (χ1) is 12.9. The van der Waals surface area contributed by atoms with E-state index < -0.39 is 11.2 Å². The molecule has 1 fully saturated rings. The van der Waals surface area contributed by atoms with E-state index >= 15 is 0 Å². The molecule has 10 heteroatoms. The van der Waals surface area contributed by atoms with Crippen molar-refractivity contribution >= 4 is 40.3 Å². The van der Waals surface area contributed by atoms with E-state index in [1.54, 1.807) is 36.9 Å². The Hall–Kier alpha value is -2.29. The van der Waals surface area contributed by atoms with E-state index in [2.05, 4.69) is 10.3 Å². The molecule has 0 unspecified atom stereocenters. The van der Waals surface area contributed by atoms with Crippen LogP contribution in [0.15, 0.2) is 27.8 Å². The normalized spacial score (nSPS) is 14.5. The lowest BCUT2D eigenvalue weighted by Gasteiger charge is -2.27. The average molecular weight is 410 g/mol. The minimum absolute atomic E-state index is 0.0861. The Morgan fingerprint density at radius 3 is 2.56 bits per heavy atom. The Labute approximate surface area is 163 Å². The highest BCUT2D eigenvalue weighted by Gasteiger charge is 2.23. The number of nitrogens with zero attached hydrogens (tertiary/aromatic N) is 4. The third-order valence-electron chi connectivity index (χ3n) is 4.66. The van der Waals surface area contributed by atoms with Gasteiger partial charge in [0.2, 0.25) is 5.95 Å². The van der Waals surface area contributed by atoms with Crippen LogP contribution in [0.2, 0.25) is 10.0 Å². The van der Waals surface area contributed by atoms with Crippen LogP contribution >= 0.6 is 23.2 Å². The molecule has 0 bridgehead atoms. The molecule has 0 saturated carbocycles. The summed E-state index contributed by atoms with van der Waals surface area (Å²) in [7, 11) is 3.34. The Kier molecular flexibility index (Phi) is 4.49. The van der Waals surface area contributed by atoms with Crippen molar-refractivity contribution in [1.29, 1.82) is 0 Å². The first kappa shape index (κ1) is 18.1. The summed E-state index contributed by atoms with van der Waals surface area (Å²) in [5.74, 6) is 0.526. The Morgan fingerprint density at radius 1 is 1.19 bits per heavy atom. The molecule has 0 aliphatic carbocycles. The maximum Gasteiger partial charge on any atom is 0.332 e. The zero-order chi connectivity index (χ0) is 19.3. The molecule has 4 rings (SSSR count). The van der Waals surface area contributed by atoms with Crippen LogP contribution in [0.5, 0.6) is 0 Å². The number of benzene rings is 1. The van der Waals surface area contributed by atoms with Gasteiger partial charge in [-0.25, -0.2) is 4.79 Å². The summed E-state index contributed by atoms with van der Waals surface area (Å²) in [5.41, 5.74) is 0.526. The number of hydrogen-bond acceptors (Lipinski definition) is 5. The quantitative estimate of drug-likeness (QED) is 0.707. The summed E-state index contributed by atoms with van der Waals surface area (Å²) < 4.78 is 9.36. The van der Waals surface area contributed by atoms with Crippen molar-refractivity contribution in [3.63, 3.8) is 0 Å². The van der Waals surface area contributed by atoms with E-state index in [4.69, 9.17) is 27.9 Å². The molecule has 3 heterocycles. The summed E-state index contributed by atoms with van der Waals surface area (Å²) in [5, 5.41) is 4.01. The van der Waals surface area contributed by atoms with Gasteiger partial charge in [0.1, 0.15) is 0 Å². The maximum absolute atomic E-state index is 13.0. The number of aryl methyl sites for hydroxylation is 2. The molecule has 0 spiro atoms. The number of halogens is 2. The van der Waals surface area contributed by atoms with Crippen molar-refractivity contribution in [1.82, 2.24) is 18.7 Å². The van der Waals surface area contributed by atoms with Crippen molar-refractivity contribution in [3.05, 3.63) is 54.6 Å². The lowest BCUT2D eigenvalue weighted by molar-refractivity contribution is 0.0207. The number of fused-ring (bicyclic) bond motifs is 1. The highest BCUT2D eigenvalue weighted by Crippen LogP contribution is 2.23. The topological polar surface area (TPSA) is 83.1 Å². The zero-order valence-electron chi connectivity index (χ0n) is 14.7. The zero-order valence-corrected chi connectivity index (χ0v) is 16.2. The van der Waals surface area contributed by atoms with Crippen LogP contribution in [-0.4, -0.2) is 37.9 Å². The van der Waals surface area contributed by atoms with Gasteiger partial charge >= 0.3 is 5.69 Å². The smallest absolute Gasteiger partial charge is 0.332 e. The standard InChI is InChI=1S/C17H17Cl2N5O3/c1-22-13-14(21-16(22)20-10-7-27-8-10)23(2)17(26)24(15(13)25)6-9-3-4-11(18)12(19)5-9/h3-5,10H,6-8H2,1-2H3,(H,20,21). The summed E-state index contributed by atoms with van der Waals surface area (Å²) in [4.78, 5) is 30.2. The molecule has 142 valence electrons. The molecule has 1 aromatic carbocycles. The predicted molar refractivity (Wildman–Crippen MR) is 104 cm³/mol. The van der Waals surface area contributed by atoms with Gasteiger partial charge < -0.3 is 14.6 Å². The molecule has 2 aromatic heterocycles. The fraction of sp³-hybridized carbons (Fsp3) is 0.353. The third-order valence-corrected chi connectivity index (χ3v) is 5.40. The molecule has 1 saturated heterocycles. The molecule has 27 heavy (non-hydrogen) atoms. The first-order valence-electron chi connectivity index (χ1n) is 8.31. The second-order valence-corrected chi connectivity index (χ2v) is 7.34. The average Bonchev–Trinajstić information content (AvgIpc) is 2.93. The van der Waals surface area contributed by atoms with E-state index in [1.165, 1.54) is 9.13 Å². The molecular formula is C17H17Cl2N5O3. The van der Waals surface area contributed by atoms with E-state index in [9.17, 15) is 9.59 Å². The van der Waals surface area contributed by atoms with Crippen LogP contribution in [-0.2, 0) is 25.4 Å². The fourth-order valence-corrected chi connectivity index (χ4v) is 3.35. The summed E-state index contributed by atoms with van der Waals surface area (Å²) in [6.07, 6.45) is 0. The molecule has 0 atom stereocenters. The van der Waals surface area contributed by atoms with E-state index in [-0.39, 0.29) is 12.6 Å². The van der Waals surface area contributed by atoms with Gasteiger partial charge in [0.25, 0.3) is 5.56 Å². The van der Waals surface area contributed by atoms with Crippen LogP contribution < -0.4 is 16.6 Å². The summed E-state index contributed by atoms with van der Waals surface area (Å²) in [6.45, 7) is 1.26. The highest BCUT2D eigenvalue weighted by atomic mass is 35.5. The molecule has 1 N–H and O–H groups in total. The molecule has 1 aliphatic heterocycles. The second kappa shape index (κ2) is 6.70. The lowest BCUT2D eigenvalue weighted by Crippen LogP contribution is -2.41. The molecular weight excluding hydrogens is 393 g/mol. The first-order valence-corrected chi connectivity index (χ1v) is 9.07. The van der Waals surface area contributed by atoms with Crippen molar-refractivity contribution in [2.24, 2.45) is 14.1 Å². The summed E-state index contributed by atoms with van der Waals surface area (Å²) >= 11 is 12.0. The van der Waals surface area contributed by atoms with Gasteiger partial charge in [-0.1, -0.05) is 29.3 Å². The molecule has 1 aliphatic rings. The molecule has 0 amide bonds. The van der Waals surface area contributed by atoms with Gasteiger partial charge in [-0.2, -0.15) is 4.98 Å². The Bertz CT molecular complexity index is 1160. The third kappa shape index (κ3) is 3.03. The number of nitrogens with one attached hydrogen (secondary N) is 1. The Balaban J connectivity index is 1.83. The number of rotatable bonds is 4. The Morgan fingerprint density at radius 2 is 1.93 bits per heavy atom. The number of aromatic nitrogens is 4. The van der Waals surface area contributed by atoms with Crippen molar-refractivity contribution < 1.29 is 4.74 Å². The van der Waals surface area contributed by atoms with Crippen molar-refractivity contribution in [3.8, 4) is 0 Å². The predicted octanol–water partition coefficient (Wildman–Crippen LogP) is 1.60. The monoisotopic (exact) mass is 409 g/mol. The van der Waals surface area contributed by atoms with Crippen LogP contribution in [0.25, 0.3) is 11.2 Å². The number of imidazole rings is 1. The SMILES string of the molecule is Cn1c(NC2COC2)nc2c1c(=O)n(Cc1ccc(Cl)c(Cl)c1)c(=O)n2C. The van der Waals surface area contributed by atoms with Gasteiger partial charge in [0.05, 0.1) is 35.8 Å². The number of anilines is 1. The van der Waals surface area contributed by atoms with Crippen LogP contribution in [0.4, 0.5) is 5.95 Å². The minimum Gasteiger partial charge on any atom is -0.377 e. The van der Waals surface area contributed by atoms with Crippen molar-refractivity contribution in [2.75, 3.05) is 18.5 Å². The van der Waals surface area contributed by atoms with Gasteiger partial charge in [-0.05, 0) is 17.7 Å². The second-order valence-electron chi connectivity index (χ2n) is 6.53. The number of ether oxygens (including phenoxy) is 1. The van der Waals surface area contributed by atoms with Gasteiger partial charge in [0, 0.05) is 14.1 Å². The minimum atomic E-state index is -0.449. The van der Waals surface area contributed by atoms with E-state index in [1.807, 2.05) is 0 Å². The van der Waals surface area contributed by atoms with Crippen LogP contribution in [0, 0.1) is 0 Å². The molecule has 0 radical (unpaired) electrons. The van der Waals surface area contributed by atoms with Gasteiger partial charge in [0.15, 0.2) is 11.2 Å². The largest absolute Gasteiger partial charge is 0.377 e. The number of hydrogen-bond donors (Lipinski definition) is 1. The lowest BCUT2D eigenvalue weighted by atomic mass is 10.2. The van der Waals surface area contributed by atoms with E-state index in [0.717, 1.165) is 0 Å². The molecule has 3 aromatic rings. The molecule has 8 nitrogen and oxygen atoms in total. The van der Waals surface area contributed by atoms with Crippen molar-refractivity contribution in [2.45, 2.75) is 12.6 Å². The maximum atomic E-state index is 13.0. The van der Waals surface area contributed by atoms with Crippen LogP contribution in [0.3, 0.4) is 0 Å². The van der Waals surface area contributed by atoms with Crippen LogP contribution in [0.1, 0.15) is 5.56 Å².